The van der Waals surface area contributed by atoms with Crippen LogP contribution in [-0.4, -0.2) is 16.1 Å². The lowest BCUT2D eigenvalue weighted by molar-refractivity contribution is -0.136. The lowest BCUT2D eigenvalue weighted by Crippen LogP contribution is -1.99. The van der Waals surface area contributed by atoms with E-state index in [9.17, 15) is 4.79 Å². The molecule has 0 radical (unpaired) electrons. The summed E-state index contributed by atoms with van der Waals surface area (Å²) in [5, 5.41) is 19.5. The van der Waals surface area contributed by atoms with Crippen LogP contribution in [0.3, 0.4) is 0 Å². The van der Waals surface area contributed by atoms with Gasteiger partial charge in [-0.1, -0.05) is 17.8 Å². The Hall–Kier alpha value is -1.84. The van der Waals surface area contributed by atoms with Crippen molar-refractivity contribution in [2.24, 2.45) is 0 Å². The third-order valence-electron chi connectivity index (χ3n) is 2.32. The summed E-state index contributed by atoms with van der Waals surface area (Å²) in [6.45, 7) is 1.93. The summed E-state index contributed by atoms with van der Waals surface area (Å²) in [4.78, 5) is 15.7. The smallest absolute Gasteiger partial charge is 0.309 e. The van der Waals surface area contributed by atoms with Gasteiger partial charge >= 0.3 is 5.97 Å². The zero-order valence-corrected chi connectivity index (χ0v) is 11.7. The zero-order valence-electron chi connectivity index (χ0n) is 10.1. The second-order valence-electron chi connectivity index (χ2n) is 3.89. The average molecular weight is 290 g/mol. The summed E-state index contributed by atoms with van der Waals surface area (Å²) in [5.41, 5.74) is 2.19. The number of thiazole rings is 1. The van der Waals surface area contributed by atoms with Gasteiger partial charge in [-0.2, -0.15) is 5.26 Å². The number of carboxylic acid groups (broad SMARTS) is 1. The number of nitriles is 1. The Kier molecular flexibility index (Phi) is 4.20. The van der Waals surface area contributed by atoms with Crippen LogP contribution in [0.25, 0.3) is 0 Å². The molecule has 0 atom stereocenters. The summed E-state index contributed by atoms with van der Waals surface area (Å²) < 4.78 is 0.747. The molecule has 6 heteroatoms. The Balaban J connectivity index is 2.20. The molecule has 2 rings (SSSR count). The molecule has 0 fully saturated rings. The highest BCUT2D eigenvalue weighted by atomic mass is 32.2. The van der Waals surface area contributed by atoms with E-state index in [4.69, 9.17) is 10.4 Å². The predicted octanol–water partition coefficient (Wildman–Crippen LogP) is 3.10. The third kappa shape index (κ3) is 3.56. The van der Waals surface area contributed by atoms with E-state index in [2.05, 4.69) is 11.1 Å². The SMILES string of the molecule is Cc1ccc(Sc2nc(CC(=O)O)cs2)c(C#N)c1. The van der Waals surface area contributed by atoms with Gasteiger partial charge in [-0.05, 0) is 24.6 Å². The molecule has 1 heterocycles. The standard InChI is InChI=1S/C13H10N2O2S2/c1-8-2-3-11(9(4-8)6-14)19-13-15-10(7-18-13)5-12(16)17/h2-4,7H,5H2,1H3,(H,16,17). The van der Waals surface area contributed by atoms with E-state index in [0.717, 1.165) is 14.8 Å². The normalized spacial score (nSPS) is 10.1. The molecule has 1 N–H and O–H groups in total. The van der Waals surface area contributed by atoms with E-state index in [0.29, 0.717) is 11.3 Å². The fourth-order valence-corrected chi connectivity index (χ4v) is 3.34. The molecule has 0 amide bonds. The number of hydrogen-bond donors (Lipinski definition) is 1. The van der Waals surface area contributed by atoms with Crippen molar-refractivity contribution in [3.63, 3.8) is 0 Å². The number of carboxylic acids is 1. The lowest BCUT2D eigenvalue weighted by atomic mass is 10.2. The maximum atomic E-state index is 10.6. The molecule has 4 nitrogen and oxygen atoms in total. The maximum Gasteiger partial charge on any atom is 0.309 e. The van der Waals surface area contributed by atoms with Gasteiger partial charge in [-0.25, -0.2) is 4.98 Å². The number of aryl methyl sites for hydroxylation is 1. The molecular weight excluding hydrogens is 280 g/mol. The van der Waals surface area contributed by atoms with Crippen molar-refractivity contribution < 1.29 is 9.90 Å². The van der Waals surface area contributed by atoms with E-state index < -0.39 is 5.97 Å². The van der Waals surface area contributed by atoms with E-state index in [1.165, 1.54) is 23.1 Å². The molecule has 0 bridgehead atoms. The molecule has 0 aliphatic heterocycles. The Morgan fingerprint density at radius 2 is 2.37 bits per heavy atom. The first kappa shape index (κ1) is 13.6. The summed E-state index contributed by atoms with van der Waals surface area (Å²) in [5.74, 6) is -0.894. The van der Waals surface area contributed by atoms with Crippen LogP contribution in [0, 0.1) is 18.3 Å². The van der Waals surface area contributed by atoms with Crippen molar-refractivity contribution >= 4 is 29.1 Å². The minimum absolute atomic E-state index is 0.0733. The van der Waals surface area contributed by atoms with E-state index in [1.54, 1.807) is 5.38 Å². The fourth-order valence-electron chi connectivity index (χ4n) is 1.49. The molecule has 0 saturated carbocycles. The summed E-state index contributed by atoms with van der Waals surface area (Å²) in [6, 6.07) is 7.81. The van der Waals surface area contributed by atoms with Gasteiger partial charge in [0.1, 0.15) is 6.07 Å². The largest absolute Gasteiger partial charge is 0.481 e. The van der Waals surface area contributed by atoms with Crippen molar-refractivity contribution in [2.45, 2.75) is 22.6 Å². The number of rotatable bonds is 4. The zero-order chi connectivity index (χ0) is 13.8. The minimum Gasteiger partial charge on any atom is -0.481 e. The number of aromatic nitrogens is 1. The Morgan fingerprint density at radius 3 is 3.05 bits per heavy atom. The summed E-state index contributed by atoms with van der Waals surface area (Å²) >= 11 is 2.78. The fraction of sp³-hybridized carbons (Fsp3) is 0.154. The molecule has 1 aromatic carbocycles. The van der Waals surface area contributed by atoms with Crippen LogP contribution in [0.1, 0.15) is 16.8 Å². The van der Waals surface area contributed by atoms with Crippen molar-refractivity contribution in [3.8, 4) is 6.07 Å². The summed E-state index contributed by atoms with van der Waals surface area (Å²) in [6.07, 6.45) is -0.0733. The summed E-state index contributed by atoms with van der Waals surface area (Å²) in [7, 11) is 0. The van der Waals surface area contributed by atoms with Crippen molar-refractivity contribution in [2.75, 3.05) is 0 Å². The lowest BCUT2D eigenvalue weighted by Gasteiger charge is -2.01. The quantitative estimate of drug-likeness (QED) is 0.936. The maximum absolute atomic E-state index is 10.6. The Bertz CT molecular complexity index is 659. The predicted molar refractivity (Wildman–Crippen MR) is 73.5 cm³/mol. The van der Waals surface area contributed by atoms with Crippen LogP contribution in [0.2, 0.25) is 0 Å². The highest BCUT2D eigenvalue weighted by molar-refractivity contribution is 8.01. The van der Waals surface area contributed by atoms with Gasteiger partial charge in [0.2, 0.25) is 0 Å². The number of benzene rings is 1. The number of hydrogen-bond acceptors (Lipinski definition) is 5. The minimum atomic E-state index is -0.894. The van der Waals surface area contributed by atoms with Crippen molar-refractivity contribution in [3.05, 3.63) is 40.4 Å². The molecule has 1 aromatic heterocycles. The first-order chi connectivity index (χ1) is 9.08. The Morgan fingerprint density at radius 1 is 1.58 bits per heavy atom. The van der Waals surface area contributed by atoms with E-state index >= 15 is 0 Å². The van der Waals surface area contributed by atoms with E-state index in [-0.39, 0.29) is 6.42 Å². The highest BCUT2D eigenvalue weighted by Crippen LogP contribution is 2.32. The van der Waals surface area contributed by atoms with Crippen LogP contribution < -0.4 is 0 Å². The van der Waals surface area contributed by atoms with Gasteiger partial charge in [-0.15, -0.1) is 11.3 Å². The third-order valence-corrected chi connectivity index (χ3v) is 4.38. The van der Waals surface area contributed by atoms with Crippen molar-refractivity contribution in [1.29, 1.82) is 5.26 Å². The van der Waals surface area contributed by atoms with Crippen molar-refractivity contribution in [1.82, 2.24) is 4.98 Å². The number of nitrogens with zero attached hydrogens (tertiary/aromatic N) is 2. The second-order valence-corrected chi connectivity index (χ2v) is 6.04. The molecular formula is C13H10N2O2S2. The number of carbonyl (C=O) groups is 1. The van der Waals surface area contributed by atoms with Crippen LogP contribution in [0.15, 0.2) is 32.8 Å². The molecule has 19 heavy (non-hydrogen) atoms. The van der Waals surface area contributed by atoms with Crippen LogP contribution in [-0.2, 0) is 11.2 Å². The first-order valence-electron chi connectivity index (χ1n) is 5.43. The Labute approximate surface area is 118 Å². The van der Waals surface area contributed by atoms with Gasteiger partial charge < -0.3 is 5.11 Å². The average Bonchev–Trinajstić information content (AvgIpc) is 2.78. The van der Waals surface area contributed by atoms with Crippen LogP contribution in [0.5, 0.6) is 0 Å². The topological polar surface area (TPSA) is 74.0 Å². The van der Waals surface area contributed by atoms with Crippen LogP contribution >= 0.6 is 23.1 Å². The van der Waals surface area contributed by atoms with Crippen LogP contribution in [0.4, 0.5) is 0 Å². The molecule has 0 spiro atoms. The molecule has 0 aliphatic carbocycles. The first-order valence-corrected chi connectivity index (χ1v) is 7.13. The highest BCUT2D eigenvalue weighted by Gasteiger charge is 2.10. The van der Waals surface area contributed by atoms with Gasteiger partial charge in [0.25, 0.3) is 0 Å². The van der Waals surface area contributed by atoms with E-state index in [1.807, 2.05) is 25.1 Å². The molecule has 96 valence electrons. The van der Waals surface area contributed by atoms with Gasteiger partial charge in [0.15, 0.2) is 4.34 Å². The monoisotopic (exact) mass is 290 g/mol. The van der Waals surface area contributed by atoms with Gasteiger partial charge in [-0.3, -0.25) is 4.79 Å². The molecule has 0 saturated heterocycles. The molecule has 0 unspecified atom stereocenters. The molecule has 0 aliphatic rings. The van der Waals surface area contributed by atoms with Gasteiger partial charge in [0, 0.05) is 10.3 Å². The second kappa shape index (κ2) is 5.87. The molecule has 2 aromatic rings. The van der Waals surface area contributed by atoms with Gasteiger partial charge in [0.05, 0.1) is 17.7 Å². The number of aliphatic carboxylic acids is 1.